The molecule has 0 radical (unpaired) electrons. The van der Waals surface area contributed by atoms with Gasteiger partial charge in [-0.2, -0.15) is 0 Å². The minimum absolute atomic E-state index is 0. The second-order valence-electron chi connectivity index (χ2n) is 8.06. The third-order valence-corrected chi connectivity index (χ3v) is 6.08. The minimum atomic E-state index is -0.520. The number of benzene rings is 2. The summed E-state index contributed by atoms with van der Waals surface area (Å²) in [4.78, 5) is 14.4. The highest BCUT2D eigenvalue weighted by atomic mass is 35.5. The monoisotopic (exact) mass is 403 g/mol. The van der Waals surface area contributed by atoms with E-state index in [-0.39, 0.29) is 28.6 Å². The van der Waals surface area contributed by atoms with Gasteiger partial charge in [-0.15, -0.1) is 12.4 Å². The van der Waals surface area contributed by atoms with Gasteiger partial charge in [-0.1, -0.05) is 18.2 Å². The van der Waals surface area contributed by atoms with Gasteiger partial charge in [0.25, 0.3) is 0 Å². The summed E-state index contributed by atoms with van der Waals surface area (Å²) in [7, 11) is 3.71. The van der Waals surface area contributed by atoms with Crippen LogP contribution in [0.15, 0.2) is 42.5 Å². The maximum Gasteiger partial charge on any atom is 0.417 e. The maximum absolute atomic E-state index is 12.9. The number of anilines is 2. The maximum atomic E-state index is 12.9. The van der Waals surface area contributed by atoms with Gasteiger partial charge in [0.2, 0.25) is 0 Å². The number of halogens is 1. The SMILES string of the molecule is Cc1ccccc1NC(=O)Oc1ccc2c(c1)[C@]1(C)CC[N+](C)([O-])[C@@H]1N2C.Cl. The molecule has 1 saturated heterocycles. The van der Waals surface area contributed by atoms with Gasteiger partial charge >= 0.3 is 6.09 Å². The van der Waals surface area contributed by atoms with Crippen LogP contribution in [-0.2, 0) is 5.41 Å². The van der Waals surface area contributed by atoms with Crippen LogP contribution in [-0.4, -0.2) is 37.5 Å². The Morgan fingerprint density at radius 1 is 1.32 bits per heavy atom. The molecule has 0 bridgehead atoms. The van der Waals surface area contributed by atoms with E-state index >= 15 is 0 Å². The second kappa shape index (κ2) is 6.95. The third-order valence-electron chi connectivity index (χ3n) is 6.08. The number of amides is 1. The number of rotatable bonds is 2. The van der Waals surface area contributed by atoms with Gasteiger partial charge in [0, 0.05) is 24.8 Å². The van der Waals surface area contributed by atoms with Gasteiger partial charge in [0.05, 0.1) is 19.0 Å². The van der Waals surface area contributed by atoms with Crippen LogP contribution in [0.5, 0.6) is 5.75 Å². The Morgan fingerprint density at radius 3 is 2.75 bits per heavy atom. The van der Waals surface area contributed by atoms with E-state index in [1.165, 1.54) is 0 Å². The number of aryl methyl sites for hydroxylation is 1. The number of likely N-dealkylation sites (N-methyl/N-ethyl adjacent to an activating group) is 2. The molecule has 1 amide bonds. The van der Waals surface area contributed by atoms with Crippen LogP contribution in [0.3, 0.4) is 0 Å². The van der Waals surface area contributed by atoms with E-state index in [2.05, 4.69) is 17.1 Å². The number of ether oxygens (including phenoxy) is 1. The van der Waals surface area contributed by atoms with Crippen molar-refractivity contribution in [3.8, 4) is 5.75 Å². The van der Waals surface area contributed by atoms with Crippen molar-refractivity contribution < 1.29 is 14.2 Å². The molecule has 150 valence electrons. The molecule has 4 rings (SSSR count). The Labute approximate surface area is 171 Å². The van der Waals surface area contributed by atoms with Crippen LogP contribution in [0.25, 0.3) is 0 Å². The number of fused-ring (bicyclic) bond motifs is 3. The molecule has 2 heterocycles. The van der Waals surface area contributed by atoms with Gasteiger partial charge in [-0.05, 0) is 49.2 Å². The lowest BCUT2D eigenvalue weighted by molar-refractivity contribution is -0.874. The van der Waals surface area contributed by atoms with E-state index in [9.17, 15) is 10.0 Å². The fourth-order valence-electron chi connectivity index (χ4n) is 4.81. The van der Waals surface area contributed by atoms with E-state index in [1.807, 2.05) is 50.4 Å². The van der Waals surface area contributed by atoms with E-state index < -0.39 is 6.09 Å². The van der Waals surface area contributed by atoms with Crippen LogP contribution in [0, 0.1) is 12.1 Å². The number of carbonyl (C=O) groups excluding carboxylic acids is 1. The highest BCUT2D eigenvalue weighted by Crippen LogP contribution is 2.54. The lowest BCUT2D eigenvalue weighted by Crippen LogP contribution is -2.54. The number of nitrogens with zero attached hydrogens (tertiary/aromatic N) is 2. The number of nitrogens with one attached hydrogen (secondary N) is 1. The molecule has 2 aliphatic heterocycles. The predicted molar refractivity (Wildman–Crippen MR) is 113 cm³/mol. The number of hydroxylamine groups is 3. The smallest absolute Gasteiger partial charge is 0.417 e. The normalized spacial score (nSPS) is 27.6. The summed E-state index contributed by atoms with van der Waals surface area (Å²) in [6.45, 7) is 4.66. The van der Waals surface area contributed by atoms with Crippen molar-refractivity contribution in [1.82, 2.24) is 0 Å². The summed E-state index contributed by atoms with van der Waals surface area (Å²) < 4.78 is 5.26. The molecule has 2 aromatic rings. The van der Waals surface area contributed by atoms with Crippen molar-refractivity contribution in [2.45, 2.75) is 31.8 Å². The molecule has 0 spiro atoms. The molecule has 2 aromatic carbocycles. The zero-order valence-corrected chi connectivity index (χ0v) is 17.4. The highest BCUT2D eigenvalue weighted by Gasteiger charge is 2.58. The fraction of sp³-hybridized carbons (Fsp3) is 0.381. The third kappa shape index (κ3) is 3.11. The molecule has 1 fully saturated rings. The first-order chi connectivity index (χ1) is 12.7. The van der Waals surface area contributed by atoms with Gasteiger partial charge < -0.3 is 19.5 Å². The molecule has 0 aromatic heterocycles. The molecule has 0 aliphatic carbocycles. The molecule has 2 aliphatic rings. The first-order valence-corrected chi connectivity index (χ1v) is 9.20. The quantitative estimate of drug-likeness (QED) is 0.595. The molecule has 28 heavy (non-hydrogen) atoms. The molecular weight excluding hydrogens is 378 g/mol. The number of likely N-dealkylation sites (tertiary alicyclic amines) is 1. The zero-order chi connectivity index (χ0) is 19.4. The van der Waals surface area contributed by atoms with Crippen molar-refractivity contribution in [2.75, 3.05) is 30.9 Å². The highest BCUT2D eigenvalue weighted by molar-refractivity contribution is 5.87. The summed E-state index contributed by atoms with van der Waals surface area (Å²) in [6.07, 6.45) is 0.144. The number of hydrogen-bond donors (Lipinski definition) is 1. The van der Waals surface area contributed by atoms with E-state index in [0.717, 1.165) is 28.9 Å². The largest absolute Gasteiger partial charge is 0.631 e. The molecule has 1 N–H and O–H groups in total. The molecular formula is C21H26ClN3O3. The average molecular weight is 404 g/mol. The molecule has 0 saturated carbocycles. The lowest BCUT2D eigenvalue weighted by atomic mass is 9.81. The van der Waals surface area contributed by atoms with Gasteiger partial charge in [-0.3, -0.25) is 5.32 Å². The molecule has 1 unspecified atom stereocenters. The minimum Gasteiger partial charge on any atom is -0.631 e. The molecule has 6 nitrogen and oxygen atoms in total. The van der Waals surface area contributed by atoms with Gasteiger partial charge in [0.1, 0.15) is 5.75 Å². The summed E-state index contributed by atoms with van der Waals surface area (Å²) in [5.74, 6) is 0.488. The number of quaternary nitrogens is 1. The van der Waals surface area contributed by atoms with Crippen molar-refractivity contribution in [2.24, 2.45) is 0 Å². The zero-order valence-electron chi connectivity index (χ0n) is 16.6. The summed E-state index contributed by atoms with van der Waals surface area (Å²) in [6, 6.07) is 13.2. The van der Waals surface area contributed by atoms with Crippen molar-refractivity contribution in [3.05, 3.63) is 58.8 Å². The van der Waals surface area contributed by atoms with Crippen LogP contribution in [0.1, 0.15) is 24.5 Å². The van der Waals surface area contributed by atoms with Crippen LogP contribution < -0.4 is 15.0 Å². The fourth-order valence-corrected chi connectivity index (χ4v) is 4.81. The van der Waals surface area contributed by atoms with Crippen molar-refractivity contribution in [1.29, 1.82) is 0 Å². The molecule has 7 heteroatoms. The number of para-hydroxylation sites is 1. The summed E-state index contributed by atoms with van der Waals surface area (Å²) in [5, 5.41) is 15.7. The first kappa shape index (κ1) is 20.5. The Hall–Kier alpha value is -2.28. The predicted octanol–water partition coefficient (Wildman–Crippen LogP) is 4.41. The van der Waals surface area contributed by atoms with Crippen LogP contribution in [0.4, 0.5) is 16.2 Å². The Balaban J connectivity index is 0.00000225. The van der Waals surface area contributed by atoms with Crippen LogP contribution in [0.2, 0.25) is 0 Å². The van der Waals surface area contributed by atoms with Gasteiger partial charge in [0.15, 0.2) is 6.17 Å². The lowest BCUT2D eigenvalue weighted by Gasteiger charge is -2.44. The van der Waals surface area contributed by atoms with E-state index in [1.54, 1.807) is 13.1 Å². The van der Waals surface area contributed by atoms with E-state index in [0.29, 0.717) is 12.3 Å². The summed E-state index contributed by atoms with van der Waals surface area (Å²) in [5.41, 5.74) is 3.57. The average Bonchev–Trinajstić information content (AvgIpc) is 2.99. The topological polar surface area (TPSA) is 64.6 Å². The van der Waals surface area contributed by atoms with Crippen LogP contribution >= 0.6 is 12.4 Å². The van der Waals surface area contributed by atoms with Crippen molar-refractivity contribution in [3.63, 3.8) is 0 Å². The Bertz CT molecular complexity index is 918. The Kier molecular flexibility index (Phi) is 5.08. The first-order valence-electron chi connectivity index (χ1n) is 9.20. The van der Waals surface area contributed by atoms with E-state index in [4.69, 9.17) is 4.74 Å². The molecule has 3 atom stereocenters. The Morgan fingerprint density at radius 2 is 2.04 bits per heavy atom. The second-order valence-corrected chi connectivity index (χ2v) is 8.06. The van der Waals surface area contributed by atoms with Gasteiger partial charge in [-0.25, -0.2) is 4.79 Å². The standard InChI is InChI=1S/C21H25N3O3.ClH/c1-14-7-5-6-8-17(14)22-20(25)27-15-9-10-18-16(13-15)21(2)11-12-24(4,26)19(21)23(18)3;/h5-10,13,19H,11-12H2,1-4H3,(H,22,25);1H/t19-,21-,24?;/m0./s1. The number of hydrogen-bond acceptors (Lipinski definition) is 4. The summed E-state index contributed by atoms with van der Waals surface area (Å²) >= 11 is 0. The number of carbonyl (C=O) groups is 1. The van der Waals surface area contributed by atoms with Crippen molar-refractivity contribution >= 4 is 29.9 Å².